The van der Waals surface area contributed by atoms with Crippen molar-refractivity contribution in [3.05, 3.63) is 11.6 Å². The fraction of sp³-hybridized carbons (Fsp3) is 0.692. The maximum Gasteiger partial charge on any atom is 0.250 e. The molecule has 2 amide bonds. The Kier molecular flexibility index (Phi) is 4.32. The van der Waals surface area contributed by atoms with Crippen LogP contribution in [0, 0.1) is 0 Å². The van der Waals surface area contributed by atoms with E-state index in [0.717, 1.165) is 37.3 Å². The Labute approximate surface area is 112 Å². The first-order valence-corrected chi connectivity index (χ1v) is 7.65. The Morgan fingerprint density at radius 3 is 2.67 bits per heavy atom. The van der Waals surface area contributed by atoms with Gasteiger partial charge >= 0.3 is 0 Å². The summed E-state index contributed by atoms with van der Waals surface area (Å²) in [5, 5.41) is 0. The van der Waals surface area contributed by atoms with Gasteiger partial charge in [0.2, 0.25) is 5.91 Å². The number of hydrogen-bond donors (Lipinski definition) is 0. The van der Waals surface area contributed by atoms with E-state index < -0.39 is 0 Å². The summed E-state index contributed by atoms with van der Waals surface area (Å²) in [6, 6.07) is -0.247. The quantitative estimate of drug-likeness (QED) is 0.728. The van der Waals surface area contributed by atoms with Crippen molar-refractivity contribution in [3.63, 3.8) is 0 Å². The Balaban J connectivity index is 2.04. The van der Waals surface area contributed by atoms with Gasteiger partial charge in [0.15, 0.2) is 0 Å². The number of nitrogens with zero attached hydrogens (tertiary/aromatic N) is 2. The highest BCUT2D eigenvalue weighted by Crippen LogP contribution is 2.25. The topological polar surface area (TPSA) is 40.6 Å². The fourth-order valence-electron chi connectivity index (χ4n) is 2.21. The van der Waals surface area contributed by atoms with Crippen molar-refractivity contribution < 1.29 is 9.59 Å². The smallest absolute Gasteiger partial charge is 0.250 e. The lowest BCUT2D eigenvalue weighted by Gasteiger charge is -2.35. The van der Waals surface area contributed by atoms with Crippen LogP contribution in [0.15, 0.2) is 11.6 Å². The third-order valence-electron chi connectivity index (χ3n) is 3.44. The Bertz CT molecular complexity index is 377. The van der Waals surface area contributed by atoms with Crippen molar-refractivity contribution in [3.8, 4) is 0 Å². The van der Waals surface area contributed by atoms with E-state index in [-0.39, 0.29) is 17.9 Å². The van der Waals surface area contributed by atoms with E-state index in [1.54, 1.807) is 16.7 Å². The van der Waals surface area contributed by atoms with Gasteiger partial charge in [0, 0.05) is 24.4 Å². The summed E-state index contributed by atoms with van der Waals surface area (Å²) in [5.74, 6) is 1.52. The molecule has 2 saturated heterocycles. The summed E-state index contributed by atoms with van der Waals surface area (Å²) >= 11 is 1.66. The number of likely N-dealkylation sites (tertiary alicyclic amines) is 1. The molecule has 1 unspecified atom stereocenters. The van der Waals surface area contributed by atoms with Gasteiger partial charge in [-0.3, -0.25) is 9.59 Å². The zero-order chi connectivity index (χ0) is 13.1. The van der Waals surface area contributed by atoms with Crippen LogP contribution in [0.25, 0.3) is 0 Å². The molecule has 0 N–H and O–H groups in total. The van der Waals surface area contributed by atoms with E-state index in [4.69, 9.17) is 0 Å². The van der Waals surface area contributed by atoms with Gasteiger partial charge in [-0.05, 0) is 19.8 Å². The average Bonchev–Trinajstić information content (AvgIpc) is 2.74. The summed E-state index contributed by atoms with van der Waals surface area (Å²) in [6.45, 7) is 5.55. The predicted octanol–water partition coefficient (Wildman–Crippen LogP) is 1.48. The number of allylic oxidation sites excluding steroid dienone is 1. The van der Waals surface area contributed by atoms with Crippen molar-refractivity contribution in [2.75, 3.05) is 24.7 Å². The van der Waals surface area contributed by atoms with Crippen molar-refractivity contribution in [1.82, 2.24) is 9.80 Å². The van der Waals surface area contributed by atoms with Crippen LogP contribution in [0.3, 0.4) is 0 Å². The highest BCUT2D eigenvalue weighted by atomic mass is 32.2. The lowest BCUT2D eigenvalue weighted by atomic mass is 10.1. The van der Waals surface area contributed by atoms with Gasteiger partial charge in [-0.1, -0.05) is 13.0 Å². The SMILES string of the molecule is CC/C=C(/C)C(=O)N1CSCC1C(=O)N1CCC1. The molecule has 0 aliphatic carbocycles. The Morgan fingerprint density at radius 2 is 2.11 bits per heavy atom. The molecule has 5 heteroatoms. The number of carbonyl (C=O) groups is 2. The number of hydrogen-bond acceptors (Lipinski definition) is 3. The van der Waals surface area contributed by atoms with Crippen molar-refractivity contribution in [2.24, 2.45) is 0 Å². The Morgan fingerprint density at radius 1 is 1.39 bits per heavy atom. The van der Waals surface area contributed by atoms with Crippen LogP contribution in [-0.4, -0.2) is 52.4 Å². The monoisotopic (exact) mass is 268 g/mol. The molecule has 0 saturated carbocycles. The predicted molar refractivity (Wildman–Crippen MR) is 73.2 cm³/mol. The first kappa shape index (κ1) is 13.5. The summed E-state index contributed by atoms with van der Waals surface area (Å²) in [6.07, 6.45) is 3.87. The minimum absolute atomic E-state index is 0.0146. The number of carbonyl (C=O) groups excluding carboxylic acids is 2. The summed E-state index contributed by atoms with van der Waals surface area (Å²) in [5.41, 5.74) is 0.751. The molecule has 2 rings (SSSR count). The molecular formula is C13H20N2O2S. The summed E-state index contributed by atoms with van der Waals surface area (Å²) in [7, 11) is 0. The first-order chi connectivity index (χ1) is 8.65. The normalized spacial score (nSPS) is 24.1. The molecule has 2 fully saturated rings. The highest BCUT2D eigenvalue weighted by molar-refractivity contribution is 7.99. The molecule has 100 valence electrons. The molecule has 0 spiro atoms. The standard InChI is InChI=1S/C13H20N2O2S/c1-3-5-10(2)12(16)15-9-18-8-11(15)13(17)14-6-4-7-14/h5,11H,3-4,6-9H2,1-2H3/b10-5-. The molecule has 18 heavy (non-hydrogen) atoms. The molecule has 2 aliphatic rings. The Hall–Kier alpha value is -0.970. The molecule has 2 heterocycles. The van der Waals surface area contributed by atoms with Crippen LogP contribution in [0.2, 0.25) is 0 Å². The second-order valence-corrected chi connectivity index (χ2v) is 5.76. The fourth-order valence-corrected chi connectivity index (χ4v) is 3.36. The lowest BCUT2D eigenvalue weighted by Crippen LogP contribution is -2.53. The van der Waals surface area contributed by atoms with Gasteiger partial charge in [-0.15, -0.1) is 11.8 Å². The average molecular weight is 268 g/mol. The molecule has 2 aliphatic heterocycles. The van der Waals surface area contributed by atoms with E-state index in [1.165, 1.54) is 0 Å². The molecule has 0 aromatic heterocycles. The van der Waals surface area contributed by atoms with Crippen LogP contribution in [0.4, 0.5) is 0 Å². The van der Waals surface area contributed by atoms with E-state index in [0.29, 0.717) is 5.88 Å². The maximum atomic E-state index is 12.3. The molecule has 4 nitrogen and oxygen atoms in total. The van der Waals surface area contributed by atoms with Gasteiger partial charge < -0.3 is 9.80 Å². The van der Waals surface area contributed by atoms with E-state index in [2.05, 4.69) is 0 Å². The second-order valence-electron chi connectivity index (χ2n) is 4.76. The molecule has 0 aromatic carbocycles. The minimum Gasteiger partial charge on any atom is -0.341 e. The van der Waals surface area contributed by atoms with E-state index >= 15 is 0 Å². The minimum atomic E-state index is -0.247. The van der Waals surface area contributed by atoms with Gasteiger partial charge in [0.1, 0.15) is 6.04 Å². The maximum absolute atomic E-state index is 12.3. The molecule has 0 bridgehead atoms. The van der Waals surface area contributed by atoms with Gasteiger partial charge in [0.05, 0.1) is 5.88 Å². The van der Waals surface area contributed by atoms with Crippen LogP contribution in [-0.2, 0) is 9.59 Å². The number of thioether (sulfide) groups is 1. The molecular weight excluding hydrogens is 248 g/mol. The highest BCUT2D eigenvalue weighted by Gasteiger charge is 2.38. The molecule has 0 aromatic rings. The van der Waals surface area contributed by atoms with E-state index in [9.17, 15) is 9.59 Å². The zero-order valence-corrected chi connectivity index (χ0v) is 11.8. The third kappa shape index (κ3) is 2.55. The molecule has 0 radical (unpaired) electrons. The van der Waals surface area contributed by atoms with Gasteiger partial charge in [-0.2, -0.15) is 0 Å². The van der Waals surface area contributed by atoms with Crippen molar-refractivity contribution in [2.45, 2.75) is 32.7 Å². The van der Waals surface area contributed by atoms with Crippen LogP contribution in [0.1, 0.15) is 26.7 Å². The van der Waals surface area contributed by atoms with Gasteiger partial charge in [-0.25, -0.2) is 0 Å². The zero-order valence-electron chi connectivity index (χ0n) is 11.0. The van der Waals surface area contributed by atoms with Crippen molar-refractivity contribution >= 4 is 23.6 Å². The molecule has 1 atom stereocenters. The summed E-state index contributed by atoms with van der Waals surface area (Å²) < 4.78 is 0. The van der Waals surface area contributed by atoms with E-state index in [1.807, 2.05) is 24.8 Å². The van der Waals surface area contributed by atoms with Crippen LogP contribution in [0.5, 0.6) is 0 Å². The van der Waals surface area contributed by atoms with Crippen molar-refractivity contribution in [1.29, 1.82) is 0 Å². The number of amides is 2. The largest absolute Gasteiger partial charge is 0.341 e. The van der Waals surface area contributed by atoms with Crippen LogP contribution < -0.4 is 0 Å². The first-order valence-electron chi connectivity index (χ1n) is 6.49. The second kappa shape index (κ2) is 5.78. The third-order valence-corrected chi connectivity index (χ3v) is 4.46. The van der Waals surface area contributed by atoms with Gasteiger partial charge in [0.25, 0.3) is 5.91 Å². The van der Waals surface area contributed by atoms with Crippen LogP contribution >= 0.6 is 11.8 Å². The number of rotatable bonds is 3. The summed E-state index contributed by atoms with van der Waals surface area (Å²) in [4.78, 5) is 28.1. The lowest BCUT2D eigenvalue weighted by molar-refractivity contribution is -0.144.